The first-order valence-corrected chi connectivity index (χ1v) is 3.13. The fraction of sp³-hybridized carbons (Fsp3) is 0. The normalized spacial score (nSPS) is 10.5. The highest BCUT2D eigenvalue weighted by Crippen LogP contribution is 1.94. The van der Waals surface area contributed by atoms with E-state index in [2.05, 4.69) is 20.4 Å². The molecule has 2 aromatic heterocycles. The number of fused-ring (bicyclic) bond motifs is 1. The third-order valence-corrected chi connectivity index (χ3v) is 1.41. The third-order valence-electron chi connectivity index (χ3n) is 1.41. The highest BCUT2D eigenvalue weighted by molar-refractivity contribution is 5.66. The Morgan fingerprint density at radius 2 is 2.31 bits per heavy atom. The summed E-state index contributed by atoms with van der Waals surface area (Å²) in [6, 6.07) is 0. The average molecular weight is 182 g/mol. The predicted molar refractivity (Wildman–Crippen MR) is 38.3 cm³/mol. The summed E-state index contributed by atoms with van der Waals surface area (Å²) in [4.78, 5) is 25.0. The predicted octanol–water partition coefficient (Wildman–Crippen LogP) is -1.45. The lowest BCUT2D eigenvalue weighted by Gasteiger charge is -1.90. The van der Waals surface area contributed by atoms with Gasteiger partial charge in [0.2, 0.25) is 11.2 Å². The molecule has 0 spiro atoms. The SMILES string of the molecule is O=c1c2n[nH]nc2ncn1[N+](=O)[O-]. The van der Waals surface area contributed by atoms with Crippen LogP contribution in [0.4, 0.5) is 0 Å². The molecule has 2 rings (SSSR count). The van der Waals surface area contributed by atoms with E-state index in [1.807, 2.05) is 0 Å². The molecule has 0 amide bonds. The van der Waals surface area contributed by atoms with E-state index >= 15 is 0 Å². The van der Waals surface area contributed by atoms with E-state index in [0.717, 1.165) is 6.33 Å². The summed E-state index contributed by atoms with van der Waals surface area (Å²) < 4.78 is 0.241. The second-order valence-electron chi connectivity index (χ2n) is 2.13. The summed E-state index contributed by atoms with van der Waals surface area (Å²) in [5.74, 6) is 0. The summed E-state index contributed by atoms with van der Waals surface area (Å²) >= 11 is 0. The topological polar surface area (TPSA) is 120 Å². The summed E-state index contributed by atoms with van der Waals surface area (Å²) in [7, 11) is 0. The van der Waals surface area contributed by atoms with Gasteiger partial charge < -0.3 is 0 Å². The fourth-order valence-corrected chi connectivity index (χ4v) is 0.845. The van der Waals surface area contributed by atoms with Crippen molar-refractivity contribution in [2.24, 2.45) is 0 Å². The van der Waals surface area contributed by atoms with Crippen LogP contribution in [0.3, 0.4) is 0 Å². The van der Waals surface area contributed by atoms with Gasteiger partial charge in [-0.2, -0.15) is 5.21 Å². The van der Waals surface area contributed by atoms with Gasteiger partial charge in [0.25, 0.3) is 0 Å². The fourth-order valence-electron chi connectivity index (χ4n) is 0.845. The number of aromatic nitrogens is 5. The van der Waals surface area contributed by atoms with Crippen molar-refractivity contribution in [3.63, 3.8) is 0 Å². The Balaban J connectivity index is 2.89. The third kappa shape index (κ3) is 0.937. The van der Waals surface area contributed by atoms with Crippen molar-refractivity contribution in [1.82, 2.24) is 25.1 Å². The van der Waals surface area contributed by atoms with Gasteiger partial charge in [0.05, 0.1) is 0 Å². The van der Waals surface area contributed by atoms with E-state index in [9.17, 15) is 14.9 Å². The minimum absolute atomic E-state index is 0.0584. The molecule has 2 aromatic rings. The molecule has 13 heavy (non-hydrogen) atoms. The van der Waals surface area contributed by atoms with Gasteiger partial charge in [-0.25, -0.2) is 15.1 Å². The Kier molecular flexibility index (Phi) is 1.32. The number of hydrogen-bond donors (Lipinski definition) is 1. The van der Waals surface area contributed by atoms with E-state index < -0.39 is 10.6 Å². The molecule has 2 heterocycles. The number of hydrogen-bond acceptors (Lipinski definition) is 6. The van der Waals surface area contributed by atoms with E-state index in [0.29, 0.717) is 0 Å². The Labute approximate surface area is 69.1 Å². The zero-order valence-electron chi connectivity index (χ0n) is 6.04. The van der Waals surface area contributed by atoms with Gasteiger partial charge in [-0.15, -0.1) is 10.2 Å². The van der Waals surface area contributed by atoms with Crippen LogP contribution in [0.1, 0.15) is 0 Å². The van der Waals surface area contributed by atoms with Gasteiger partial charge in [-0.3, -0.25) is 4.79 Å². The van der Waals surface area contributed by atoms with Gasteiger partial charge in [0.1, 0.15) is 0 Å². The van der Waals surface area contributed by atoms with E-state index in [4.69, 9.17) is 0 Å². The summed E-state index contributed by atoms with van der Waals surface area (Å²) in [5.41, 5.74) is -0.953. The van der Waals surface area contributed by atoms with Crippen molar-refractivity contribution in [1.29, 1.82) is 0 Å². The van der Waals surface area contributed by atoms with E-state index in [1.165, 1.54) is 0 Å². The lowest BCUT2D eigenvalue weighted by molar-refractivity contribution is -0.545. The molecule has 0 atom stereocenters. The van der Waals surface area contributed by atoms with E-state index in [1.54, 1.807) is 0 Å². The van der Waals surface area contributed by atoms with Crippen molar-refractivity contribution >= 4 is 11.2 Å². The molecule has 66 valence electrons. The Morgan fingerprint density at radius 1 is 1.54 bits per heavy atom. The maximum atomic E-state index is 11.2. The molecule has 0 saturated carbocycles. The van der Waals surface area contributed by atoms with Crippen molar-refractivity contribution in [2.45, 2.75) is 0 Å². The Bertz CT molecular complexity index is 526. The van der Waals surface area contributed by atoms with Gasteiger partial charge in [-0.05, 0) is 4.68 Å². The molecule has 0 unspecified atom stereocenters. The molecule has 0 aromatic carbocycles. The summed E-state index contributed by atoms with van der Waals surface area (Å²) in [6.07, 6.45) is 0.785. The van der Waals surface area contributed by atoms with Crippen LogP contribution in [-0.2, 0) is 0 Å². The van der Waals surface area contributed by atoms with Crippen molar-refractivity contribution in [3.05, 3.63) is 26.8 Å². The maximum absolute atomic E-state index is 11.2. The highest BCUT2D eigenvalue weighted by Gasteiger charge is 2.13. The second kappa shape index (κ2) is 2.33. The van der Waals surface area contributed by atoms with Crippen LogP contribution in [0, 0.1) is 10.1 Å². The quantitative estimate of drug-likeness (QED) is 0.425. The standard InChI is InChI=1S/C4H2N6O3/c11-4-2-3(7-8-6-2)5-1-9(4)10(12)13/h1H,(H,6,7,8). The van der Waals surface area contributed by atoms with Crippen molar-refractivity contribution < 1.29 is 5.03 Å². The maximum Gasteiger partial charge on any atom is 0.345 e. The molecule has 9 nitrogen and oxygen atoms in total. The largest absolute Gasteiger partial charge is 0.345 e. The number of nitrogens with one attached hydrogen (secondary N) is 1. The molecule has 0 aliphatic rings. The lowest BCUT2D eigenvalue weighted by Crippen LogP contribution is -2.26. The zero-order chi connectivity index (χ0) is 9.42. The molecule has 0 saturated heterocycles. The van der Waals surface area contributed by atoms with Crippen LogP contribution in [-0.4, -0.2) is 30.1 Å². The number of nitrogens with zero attached hydrogens (tertiary/aromatic N) is 5. The van der Waals surface area contributed by atoms with Gasteiger partial charge in [-0.1, -0.05) is 0 Å². The lowest BCUT2D eigenvalue weighted by atomic mass is 10.5. The summed E-state index contributed by atoms with van der Waals surface area (Å²) in [6.45, 7) is 0. The number of rotatable bonds is 1. The molecular weight excluding hydrogens is 180 g/mol. The minimum atomic E-state index is -0.885. The van der Waals surface area contributed by atoms with Crippen LogP contribution in [0.5, 0.6) is 0 Å². The molecule has 0 bridgehead atoms. The molecule has 0 aliphatic heterocycles. The molecule has 9 heteroatoms. The Hall–Kier alpha value is -2.32. The van der Waals surface area contributed by atoms with Crippen LogP contribution in [0.15, 0.2) is 11.1 Å². The molecule has 0 aliphatic carbocycles. The average Bonchev–Trinajstić information content (AvgIpc) is 2.52. The van der Waals surface area contributed by atoms with Crippen LogP contribution < -0.4 is 5.56 Å². The smallest absolute Gasteiger partial charge is 0.260 e. The number of aromatic amines is 1. The molecule has 1 N–H and O–H groups in total. The first-order chi connectivity index (χ1) is 6.20. The second-order valence-corrected chi connectivity index (χ2v) is 2.13. The monoisotopic (exact) mass is 182 g/mol. The zero-order valence-corrected chi connectivity index (χ0v) is 6.04. The van der Waals surface area contributed by atoms with Crippen LogP contribution in [0.25, 0.3) is 11.2 Å². The van der Waals surface area contributed by atoms with Gasteiger partial charge in [0.15, 0.2) is 11.4 Å². The number of H-pyrrole nitrogens is 1. The van der Waals surface area contributed by atoms with Crippen molar-refractivity contribution in [2.75, 3.05) is 0 Å². The molecule has 0 radical (unpaired) electrons. The van der Waals surface area contributed by atoms with Crippen LogP contribution >= 0.6 is 0 Å². The summed E-state index contributed by atoms with van der Waals surface area (Å²) in [5, 5.41) is 18.4. The van der Waals surface area contributed by atoms with E-state index in [-0.39, 0.29) is 15.8 Å². The minimum Gasteiger partial charge on any atom is -0.260 e. The number of nitro groups is 1. The molecule has 0 fully saturated rings. The Morgan fingerprint density at radius 3 is 3.00 bits per heavy atom. The van der Waals surface area contributed by atoms with Crippen molar-refractivity contribution in [3.8, 4) is 0 Å². The molecular formula is C4H2N6O3. The first kappa shape index (κ1) is 7.34. The first-order valence-electron chi connectivity index (χ1n) is 3.13. The highest BCUT2D eigenvalue weighted by atomic mass is 16.7. The van der Waals surface area contributed by atoms with Crippen LogP contribution in [0.2, 0.25) is 0 Å². The van der Waals surface area contributed by atoms with Gasteiger partial charge in [0, 0.05) is 0 Å². The van der Waals surface area contributed by atoms with Gasteiger partial charge >= 0.3 is 5.56 Å².